The van der Waals surface area contributed by atoms with Crippen LogP contribution in [0.15, 0.2) is 72.8 Å². The molecule has 0 atom stereocenters. The maximum atomic E-state index is 12.9. The quantitative estimate of drug-likeness (QED) is 0.442. The molecule has 0 aliphatic heterocycles. The van der Waals surface area contributed by atoms with E-state index in [4.69, 9.17) is 9.47 Å². The van der Waals surface area contributed by atoms with Gasteiger partial charge in [-0.05, 0) is 60.1 Å². The fourth-order valence-electron chi connectivity index (χ4n) is 3.55. The Labute approximate surface area is 198 Å². The van der Waals surface area contributed by atoms with Gasteiger partial charge in [-0.1, -0.05) is 36.4 Å². The lowest BCUT2D eigenvalue weighted by molar-refractivity contribution is -0.122. The minimum Gasteiger partial charge on any atom is -0.497 e. The highest BCUT2D eigenvalue weighted by Gasteiger charge is 2.18. The van der Waals surface area contributed by atoms with Crippen LogP contribution in [0.2, 0.25) is 0 Å². The van der Waals surface area contributed by atoms with Gasteiger partial charge in [0, 0.05) is 6.54 Å². The number of ether oxygens (including phenoxy) is 3. The second-order valence-corrected chi connectivity index (χ2v) is 7.74. The van der Waals surface area contributed by atoms with E-state index in [0.29, 0.717) is 6.54 Å². The van der Waals surface area contributed by atoms with Crippen LogP contribution in [0.1, 0.15) is 22.7 Å². The number of hydrogen-bond acceptors (Lipinski definition) is 5. The van der Waals surface area contributed by atoms with Gasteiger partial charge < -0.3 is 19.5 Å². The molecule has 0 aromatic heterocycles. The molecule has 0 fully saturated rings. The number of likely N-dealkylation sites (N-methyl/N-ethyl adjacent to an activating group) is 1. The number of alkyl halides is 2. The van der Waals surface area contributed by atoms with Gasteiger partial charge in [-0.2, -0.15) is 8.78 Å². The van der Waals surface area contributed by atoms with Crippen LogP contribution < -0.4 is 19.5 Å². The summed E-state index contributed by atoms with van der Waals surface area (Å²) in [6, 6.07) is 21.1. The molecule has 0 unspecified atom stereocenters. The molecular formula is C26H28F2N2O4. The fraction of sp³-hybridized carbons (Fsp3) is 0.269. The minimum absolute atomic E-state index is 0.0981. The van der Waals surface area contributed by atoms with E-state index in [1.165, 1.54) is 12.1 Å². The number of hydrogen-bond donors (Lipinski definition) is 1. The highest BCUT2D eigenvalue weighted by molar-refractivity contribution is 5.79. The number of benzene rings is 3. The summed E-state index contributed by atoms with van der Waals surface area (Å²) in [5.41, 5.74) is 2.70. The molecule has 0 bridgehead atoms. The van der Waals surface area contributed by atoms with Crippen molar-refractivity contribution in [3.63, 3.8) is 0 Å². The monoisotopic (exact) mass is 470 g/mol. The van der Waals surface area contributed by atoms with Gasteiger partial charge in [0.25, 0.3) is 0 Å². The largest absolute Gasteiger partial charge is 0.497 e. The first-order chi connectivity index (χ1) is 16.4. The van der Waals surface area contributed by atoms with Crippen molar-refractivity contribution in [1.82, 2.24) is 10.2 Å². The molecule has 0 saturated heterocycles. The molecule has 0 saturated carbocycles. The number of carbonyl (C=O) groups is 1. The first kappa shape index (κ1) is 25.0. The average molecular weight is 471 g/mol. The van der Waals surface area contributed by atoms with Crippen LogP contribution in [-0.4, -0.2) is 45.2 Å². The molecule has 1 N–H and O–H groups in total. The number of carbonyl (C=O) groups excluding carboxylic acids is 1. The first-order valence-electron chi connectivity index (χ1n) is 10.7. The highest BCUT2D eigenvalue weighted by Crippen LogP contribution is 2.26. The molecule has 0 radical (unpaired) electrons. The molecular weight excluding hydrogens is 442 g/mol. The number of nitrogens with one attached hydrogen (secondary N) is 1. The molecule has 3 rings (SSSR count). The topological polar surface area (TPSA) is 60.0 Å². The van der Waals surface area contributed by atoms with Crippen LogP contribution in [0, 0.1) is 0 Å². The Morgan fingerprint density at radius 1 is 0.824 bits per heavy atom. The minimum atomic E-state index is -2.86. The molecule has 0 aliphatic carbocycles. The zero-order chi connectivity index (χ0) is 24.5. The van der Waals surface area contributed by atoms with Crippen LogP contribution in [0.3, 0.4) is 0 Å². The van der Waals surface area contributed by atoms with Crippen molar-refractivity contribution in [3.05, 3.63) is 89.5 Å². The van der Waals surface area contributed by atoms with E-state index >= 15 is 0 Å². The van der Waals surface area contributed by atoms with Crippen molar-refractivity contribution in [2.24, 2.45) is 0 Å². The second-order valence-electron chi connectivity index (χ2n) is 7.74. The van der Waals surface area contributed by atoms with Crippen LogP contribution in [0.25, 0.3) is 0 Å². The Morgan fingerprint density at radius 3 is 1.74 bits per heavy atom. The summed E-state index contributed by atoms with van der Waals surface area (Å²) in [7, 11) is 5.03. The molecule has 1 amide bonds. The number of rotatable bonds is 11. The summed E-state index contributed by atoms with van der Waals surface area (Å²) >= 11 is 0. The number of amides is 1. The molecule has 180 valence electrons. The number of nitrogens with zero attached hydrogens (tertiary/aromatic N) is 1. The molecule has 0 spiro atoms. The summed E-state index contributed by atoms with van der Waals surface area (Å²) in [5.74, 6) is 1.40. The normalized spacial score (nSPS) is 11.1. The van der Waals surface area contributed by atoms with Gasteiger partial charge in [-0.3, -0.25) is 9.69 Å². The molecule has 3 aromatic carbocycles. The van der Waals surface area contributed by atoms with Gasteiger partial charge in [0.1, 0.15) is 17.2 Å². The zero-order valence-corrected chi connectivity index (χ0v) is 19.3. The van der Waals surface area contributed by atoms with Crippen molar-refractivity contribution < 1.29 is 27.8 Å². The lowest BCUT2D eigenvalue weighted by Gasteiger charge is -2.23. The number of methoxy groups -OCH3 is 2. The van der Waals surface area contributed by atoms with E-state index in [9.17, 15) is 13.6 Å². The molecule has 6 nitrogen and oxygen atoms in total. The molecule has 0 heterocycles. The summed E-state index contributed by atoms with van der Waals surface area (Å²) in [4.78, 5) is 14.8. The Bertz CT molecular complexity index is 994. The van der Waals surface area contributed by atoms with E-state index in [1.54, 1.807) is 26.4 Å². The van der Waals surface area contributed by atoms with Crippen LogP contribution in [0.5, 0.6) is 17.2 Å². The van der Waals surface area contributed by atoms with E-state index in [-0.39, 0.29) is 24.2 Å². The Balaban J connectivity index is 1.67. The third kappa shape index (κ3) is 7.18. The molecule has 34 heavy (non-hydrogen) atoms. The summed E-state index contributed by atoms with van der Waals surface area (Å²) in [5, 5.41) is 3.11. The highest BCUT2D eigenvalue weighted by atomic mass is 19.3. The summed E-state index contributed by atoms with van der Waals surface area (Å²) in [6.45, 7) is -2.24. The number of halogens is 2. The SMILES string of the molecule is COc1ccc(C(NC(=O)CN(C)Cc2ccc(OC(F)F)cc2)c2ccc(OC)cc2)cc1. The van der Waals surface area contributed by atoms with E-state index in [0.717, 1.165) is 28.2 Å². The van der Waals surface area contributed by atoms with Crippen LogP contribution >= 0.6 is 0 Å². The lowest BCUT2D eigenvalue weighted by atomic mass is 9.98. The van der Waals surface area contributed by atoms with E-state index in [2.05, 4.69) is 10.1 Å². The van der Waals surface area contributed by atoms with E-state index < -0.39 is 6.61 Å². The molecule has 8 heteroatoms. The third-order valence-corrected chi connectivity index (χ3v) is 5.22. The van der Waals surface area contributed by atoms with Crippen LogP contribution in [0.4, 0.5) is 8.78 Å². The maximum Gasteiger partial charge on any atom is 0.387 e. The lowest BCUT2D eigenvalue weighted by Crippen LogP contribution is -2.37. The van der Waals surface area contributed by atoms with Gasteiger partial charge in [-0.15, -0.1) is 0 Å². The Kier molecular flexibility index (Phi) is 8.81. The van der Waals surface area contributed by atoms with Crippen molar-refractivity contribution >= 4 is 5.91 Å². The Morgan fingerprint density at radius 2 is 1.29 bits per heavy atom. The van der Waals surface area contributed by atoms with Crippen molar-refractivity contribution in [2.45, 2.75) is 19.2 Å². The predicted octanol–water partition coefficient (Wildman–Crippen LogP) is 4.64. The third-order valence-electron chi connectivity index (χ3n) is 5.22. The standard InChI is InChI=1S/C26H28F2N2O4/c1-30(16-18-4-10-23(11-5-18)34-26(27)28)17-24(31)29-25(19-6-12-21(32-2)13-7-19)20-8-14-22(33-3)15-9-20/h4-15,25-26H,16-17H2,1-3H3,(H,29,31). The maximum absolute atomic E-state index is 12.9. The molecule has 0 aliphatic rings. The van der Waals surface area contributed by atoms with Gasteiger partial charge in [0.2, 0.25) is 5.91 Å². The molecule has 3 aromatic rings. The fourth-order valence-corrected chi connectivity index (χ4v) is 3.55. The summed E-state index contributed by atoms with van der Waals surface area (Å²) < 4.78 is 39.5. The summed E-state index contributed by atoms with van der Waals surface area (Å²) in [6.07, 6.45) is 0. The Hall–Kier alpha value is -3.65. The van der Waals surface area contributed by atoms with Gasteiger partial charge in [-0.25, -0.2) is 0 Å². The predicted molar refractivity (Wildman–Crippen MR) is 125 cm³/mol. The van der Waals surface area contributed by atoms with Crippen molar-refractivity contribution in [2.75, 3.05) is 27.8 Å². The average Bonchev–Trinajstić information content (AvgIpc) is 2.83. The second kappa shape index (κ2) is 12.0. The zero-order valence-electron chi connectivity index (χ0n) is 19.3. The van der Waals surface area contributed by atoms with Gasteiger partial charge >= 0.3 is 6.61 Å². The van der Waals surface area contributed by atoms with Crippen molar-refractivity contribution in [3.8, 4) is 17.2 Å². The van der Waals surface area contributed by atoms with Crippen molar-refractivity contribution in [1.29, 1.82) is 0 Å². The van der Waals surface area contributed by atoms with Crippen LogP contribution in [-0.2, 0) is 11.3 Å². The van der Waals surface area contributed by atoms with E-state index in [1.807, 2.05) is 60.5 Å². The van der Waals surface area contributed by atoms with Gasteiger partial charge in [0.05, 0.1) is 26.8 Å². The smallest absolute Gasteiger partial charge is 0.387 e. The first-order valence-corrected chi connectivity index (χ1v) is 10.7. The van der Waals surface area contributed by atoms with Gasteiger partial charge in [0.15, 0.2) is 0 Å².